The fourth-order valence-corrected chi connectivity index (χ4v) is 2.87. The van der Waals surface area contributed by atoms with Gasteiger partial charge in [0.25, 0.3) is 0 Å². The van der Waals surface area contributed by atoms with Crippen LogP contribution in [0.25, 0.3) is 0 Å². The van der Waals surface area contributed by atoms with Gasteiger partial charge in [-0.3, -0.25) is 0 Å². The van der Waals surface area contributed by atoms with E-state index < -0.39 is 0 Å². The number of aryl methyl sites for hydroxylation is 1. The first-order valence-electron chi connectivity index (χ1n) is 3.92. The van der Waals surface area contributed by atoms with Gasteiger partial charge >= 0.3 is 74.8 Å². The predicted molar refractivity (Wildman–Crippen MR) is 51.7 cm³/mol. The molecule has 0 saturated heterocycles. The molecule has 0 saturated carbocycles. The Hall–Kier alpha value is -0.261. The molecule has 0 aromatic heterocycles. The topological polar surface area (TPSA) is 0 Å². The molecule has 0 N–H and O–H groups in total. The van der Waals surface area contributed by atoms with Crippen LogP contribution in [0, 0.1) is 6.92 Å². The fraction of sp³-hybridized carbons (Fsp3) is 0.400. The van der Waals surface area contributed by atoms with Crippen molar-refractivity contribution in [1.82, 2.24) is 0 Å². The van der Waals surface area contributed by atoms with Gasteiger partial charge in [0.05, 0.1) is 0 Å². The van der Waals surface area contributed by atoms with E-state index in [9.17, 15) is 0 Å². The second kappa shape index (κ2) is 3.94. The molecule has 0 atom stereocenters. The van der Waals surface area contributed by atoms with Gasteiger partial charge in [0.2, 0.25) is 0 Å². The Balaban J connectivity index is 2.78. The van der Waals surface area contributed by atoms with Gasteiger partial charge in [0.15, 0.2) is 0 Å². The second-order valence-corrected chi connectivity index (χ2v) is 6.33. The van der Waals surface area contributed by atoms with E-state index in [4.69, 9.17) is 0 Å². The normalized spacial score (nSPS) is 10.5. The van der Waals surface area contributed by atoms with Crippen molar-refractivity contribution in [1.29, 1.82) is 0 Å². The predicted octanol–water partition coefficient (Wildman–Crippen LogP) is 2.15. The maximum absolute atomic E-state index is 2.28. The zero-order chi connectivity index (χ0) is 8.27. The van der Waals surface area contributed by atoms with E-state index in [2.05, 4.69) is 45.0 Å². The molecule has 0 unspecified atom stereocenters. The summed E-state index contributed by atoms with van der Waals surface area (Å²) >= 11 is 0.658. The zero-order valence-electron chi connectivity index (χ0n) is 7.29. The van der Waals surface area contributed by atoms with E-state index in [1.807, 2.05) is 0 Å². The second-order valence-electron chi connectivity index (χ2n) is 2.93. The average Bonchev–Trinajstić information content (AvgIpc) is 1.93. The monoisotopic (exact) mass is 214 g/mol. The van der Waals surface area contributed by atoms with E-state index in [1.54, 1.807) is 4.46 Å². The van der Waals surface area contributed by atoms with Crippen molar-refractivity contribution < 1.29 is 0 Å². The molecule has 0 heterocycles. The van der Waals surface area contributed by atoms with E-state index in [1.165, 1.54) is 5.56 Å². The van der Waals surface area contributed by atoms with Gasteiger partial charge in [-0.1, -0.05) is 0 Å². The van der Waals surface area contributed by atoms with Crippen molar-refractivity contribution in [2.75, 3.05) is 0 Å². The van der Waals surface area contributed by atoms with Gasteiger partial charge in [-0.05, 0) is 0 Å². The SMILES string of the molecule is Cc1ccccc1[Se]C(C)C. The first kappa shape index (κ1) is 8.83. The van der Waals surface area contributed by atoms with Gasteiger partial charge < -0.3 is 0 Å². The minimum absolute atomic E-state index is 0.658. The molecule has 0 spiro atoms. The Morgan fingerprint density at radius 3 is 2.36 bits per heavy atom. The van der Waals surface area contributed by atoms with Crippen LogP contribution < -0.4 is 4.46 Å². The molecule has 1 heteroatoms. The Kier molecular flexibility index (Phi) is 3.16. The standard InChI is InChI=1S/C10H14Se/c1-8(2)11-10-7-5-4-6-9(10)3/h4-8H,1-3H3. The van der Waals surface area contributed by atoms with Crippen LogP contribution in [0.2, 0.25) is 4.82 Å². The van der Waals surface area contributed by atoms with Crippen molar-refractivity contribution in [2.45, 2.75) is 25.6 Å². The van der Waals surface area contributed by atoms with E-state index in [0.29, 0.717) is 15.0 Å². The summed E-state index contributed by atoms with van der Waals surface area (Å²) in [6.45, 7) is 6.76. The maximum atomic E-state index is 2.28. The number of hydrogen-bond donors (Lipinski definition) is 0. The third kappa shape index (κ3) is 2.69. The van der Waals surface area contributed by atoms with Crippen molar-refractivity contribution in [2.24, 2.45) is 0 Å². The van der Waals surface area contributed by atoms with Crippen molar-refractivity contribution in [3.8, 4) is 0 Å². The molecule has 0 nitrogen and oxygen atoms in total. The molecular formula is C10H14Se. The molecule has 0 bridgehead atoms. The van der Waals surface area contributed by atoms with E-state index in [-0.39, 0.29) is 0 Å². The Morgan fingerprint density at radius 1 is 1.18 bits per heavy atom. The van der Waals surface area contributed by atoms with Crippen LogP contribution in [0.3, 0.4) is 0 Å². The molecule has 60 valence electrons. The molecule has 0 radical (unpaired) electrons. The summed E-state index contributed by atoms with van der Waals surface area (Å²) < 4.78 is 1.55. The molecule has 0 amide bonds. The van der Waals surface area contributed by atoms with Crippen LogP contribution in [0.5, 0.6) is 0 Å². The molecule has 1 aromatic rings. The molecule has 11 heavy (non-hydrogen) atoms. The molecule has 0 aliphatic rings. The Labute approximate surface area is 75.2 Å². The van der Waals surface area contributed by atoms with Gasteiger partial charge in [0.1, 0.15) is 0 Å². The first-order valence-corrected chi connectivity index (χ1v) is 5.77. The average molecular weight is 213 g/mol. The molecular weight excluding hydrogens is 199 g/mol. The van der Waals surface area contributed by atoms with Crippen LogP contribution in [-0.2, 0) is 0 Å². The summed E-state index contributed by atoms with van der Waals surface area (Å²) in [6.07, 6.45) is 0. The van der Waals surface area contributed by atoms with Crippen LogP contribution in [0.15, 0.2) is 24.3 Å². The Bertz CT molecular complexity index is 228. The summed E-state index contributed by atoms with van der Waals surface area (Å²) in [5.74, 6) is 0. The minimum atomic E-state index is 0.658. The number of rotatable bonds is 2. The third-order valence-electron chi connectivity index (χ3n) is 1.46. The number of hydrogen-bond acceptors (Lipinski definition) is 0. The molecule has 1 aromatic carbocycles. The molecule has 0 aliphatic heterocycles. The van der Waals surface area contributed by atoms with Crippen molar-refractivity contribution in [3.05, 3.63) is 29.8 Å². The van der Waals surface area contributed by atoms with Crippen molar-refractivity contribution in [3.63, 3.8) is 0 Å². The molecule has 0 fully saturated rings. The van der Waals surface area contributed by atoms with Gasteiger partial charge in [-0.25, -0.2) is 0 Å². The van der Waals surface area contributed by atoms with Crippen molar-refractivity contribution >= 4 is 19.4 Å². The van der Waals surface area contributed by atoms with Crippen LogP contribution in [-0.4, -0.2) is 15.0 Å². The van der Waals surface area contributed by atoms with Gasteiger partial charge in [-0.2, -0.15) is 0 Å². The number of benzene rings is 1. The third-order valence-corrected chi connectivity index (χ3v) is 3.94. The Morgan fingerprint density at radius 2 is 1.82 bits per heavy atom. The quantitative estimate of drug-likeness (QED) is 0.660. The zero-order valence-corrected chi connectivity index (χ0v) is 9.01. The van der Waals surface area contributed by atoms with Gasteiger partial charge in [-0.15, -0.1) is 0 Å². The van der Waals surface area contributed by atoms with Crippen LogP contribution in [0.1, 0.15) is 19.4 Å². The van der Waals surface area contributed by atoms with Crippen LogP contribution >= 0.6 is 0 Å². The summed E-state index contributed by atoms with van der Waals surface area (Å²) in [7, 11) is 0. The molecule has 0 aliphatic carbocycles. The van der Waals surface area contributed by atoms with Crippen LogP contribution in [0.4, 0.5) is 0 Å². The summed E-state index contributed by atoms with van der Waals surface area (Å²) in [5.41, 5.74) is 1.45. The van der Waals surface area contributed by atoms with E-state index >= 15 is 0 Å². The van der Waals surface area contributed by atoms with Gasteiger partial charge in [0, 0.05) is 0 Å². The molecule has 1 rings (SSSR count). The summed E-state index contributed by atoms with van der Waals surface area (Å²) in [6, 6.07) is 8.68. The first-order chi connectivity index (χ1) is 5.20. The fourth-order valence-electron chi connectivity index (χ4n) is 0.943. The summed E-state index contributed by atoms with van der Waals surface area (Å²) in [5, 5.41) is 0. The van der Waals surface area contributed by atoms with E-state index in [0.717, 1.165) is 4.82 Å². The summed E-state index contributed by atoms with van der Waals surface area (Å²) in [4.78, 5) is 0.823.